The molecule has 0 atom stereocenters. The molecule has 3 nitrogen and oxygen atoms in total. The average Bonchev–Trinajstić information content (AvgIpc) is 3.03. The molecular weight excluding hydrogens is 378 g/mol. The lowest BCUT2D eigenvalue weighted by Gasteiger charge is -2.42. The lowest BCUT2D eigenvalue weighted by atomic mass is 9.65. The molecule has 0 unspecified atom stereocenters. The molecule has 5 rings (SSSR count). The first-order valence-electron chi connectivity index (χ1n) is 8.77. The van der Waals surface area contributed by atoms with Crippen LogP contribution in [0.2, 0.25) is 0 Å². The van der Waals surface area contributed by atoms with Gasteiger partial charge in [0.2, 0.25) is 0 Å². The van der Waals surface area contributed by atoms with Crippen molar-refractivity contribution in [1.82, 2.24) is 4.98 Å². The van der Waals surface area contributed by atoms with E-state index in [4.69, 9.17) is 9.47 Å². The minimum absolute atomic E-state index is 0.00579. The van der Waals surface area contributed by atoms with E-state index < -0.39 is 0 Å². The highest BCUT2D eigenvalue weighted by Crippen LogP contribution is 2.50. The molecule has 2 aliphatic rings. The lowest BCUT2D eigenvalue weighted by Crippen LogP contribution is -2.39. The summed E-state index contributed by atoms with van der Waals surface area (Å²) >= 11 is 3.77. The number of H-pyrrole nitrogens is 1. The van der Waals surface area contributed by atoms with Crippen molar-refractivity contribution in [2.24, 2.45) is 0 Å². The Labute approximate surface area is 155 Å². The van der Waals surface area contributed by atoms with Gasteiger partial charge in [-0.1, -0.05) is 28.1 Å². The number of aromatic nitrogens is 1. The van der Waals surface area contributed by atoms with Crippen molar-refractivity contribution in [2.45, 2.75) is 24.7 Å². The molecule has 3 aromatic rings. The second-order valence-corrected chi connectivity index (χ2v) is 7.89. The second kappa shape index (κ2) is 5.61. The Morgan fingerprint density at radius 1 is 1.16 bits per heavy atom. The summed E-state index contributed by atoms with van der Waals surface area (Å²) in [6.45, 7) is 1.60. The molecule has 1 spiro atoms. The summed E-state index contributed by atoms with van der Waals surface area (Å²) in [5, 5.41) is 1.32. The number of rotatable bonds is 1. The van der Waals surface area contributed by atoms with E-state index in [0.717, 1.165) is 38.2 Å². The summed E-state index contributed by atoms with van der Waals surface area (Å²) in [5.74, 6) is 0.936. The SMILES string of the molecule is COc1ccc2c(c1)C1(CCOCC1)c1[nH]c3cccc(Br)c3c1C2. The van der Waals surface area contributed by atoms with Crippen LogP contribution in [0.1, 0.15) is 35.2 Å². The quantitative estimate of drug-likeness (QED) is 0.630. The Hall–Kier alpha value is -1.78. The maximum atomic E-state index is 5.73. The Morgan fingerprint density at radius 3 is 2.80 bits per heavy atom. The molecule has 1 aliphatic heterocycles. The van der Waals surface area contributed by atoms with E-state index in [2.05, 4.69) is 57.3 Å². The number of benzene rings is 2. The van der Waals surface area contributed by atoms with Crippen LogP contribution in [0.15, 0.2) is 40.9 Å². The predicted molar refractivity (Wildman–Crippen MR) is 103 cm³/mol. The predicted octanol–water partition coefficient (Wildman–Crippen LogP) is 4.94. The van der Waals surface area contributed by atoms with E-state index in [0.29, 0.717) is 0 Å². The first-order chi connectivity index (χ1) is 12.2. The lowest BCUT2D eigenvalue weighted by molar-refractivity contribution is 0.0609. The Kier molecular flexibility index (Phi) is 3.47. The maximum Gasteiger partial charge on any atom is 0.119 e. The summed E-state index contributed by atoms with van der Waals surface area (Å²) < 4.78 is 12.4. The second-order valence-electron chi connectivity index (χ2n) is 7.04. The van der Waals surface area contributed by atoms with Crippen LogP contribution in [0.3, 0.4) is 0 Å². The average molecular weight is 398 g/mol. The van der Waals surface area contributed by atoms with Crippen molar-refractivity contribution in [3.63, 3.8) is 0 Å². The first kappa shape index (κ1) is 15.5. The van der Waals surface area contributed by atoms with Gasteiger partial charge in [-0.05, 0) is 53.8 Å². The number of hydrogen-bond acceptors (Lipinski definition) is 2. The van der Waals surface area contributed by atoms with Crippen LogP contribution >= 0.6 is 15.9 Å². The van der Waals surface area contributed by atoms with Gasteiger partial charge in [-0.2, -0.15) is 0 Å². The van der Waals surface area contributed by atoms with Crippen LogP contribution < -0.4 is 4.74 Å². The molecule has 25 heavy (non-hydrogen) atoms. The third-order valence-corrected chi connectivity index (χ3v) is 6.56. The number of fused-ring (bicyclic) bond motifs is 6. The van der Waals surface area contributed by atoms with E-state index >= 15 is 0 Å². The van der Waals surface area contributed by atoms with E-state index in [9.17, 15) is 0 Å². The monoisotopic (exact) mass is 397 g/mol. The summed E-state index contributed by atoms with van der Waals surface area (Å²) in [4.78, 5) is 3.77. The van der Waals surface area contributed by atoms with Crippen LogP contribution in [0.25, 0.3) is 10.9 Å². The minimum atomic E-state index is -0.00579. The molecule has 4 heteroatoms. The molecular formula is C21H20BrNO2. The standard InChI is InChI=1S/C21H20BrNO2/c1-24-14-6-5-13-11-15-19-17(22)3-2-4-18(19)23-20(15)21(16(13)12-14)7-9-25-10-8-21/h2-6,12,23H,7-11H2,1H3. The van der Waals surface area contributed by atoms with Crippen molar-refractivity contribution in [3.8, 4) is 5.75 Å². The number of halogens is 1. The molecule has 1 N–H and O–H groups in total. The van der Waals surface area contributed by atoms with Crippen molar-refractivity contribution < 1.29 is 9.47 Å². The fraction of sp³-hybridized carbons (Fsp3) is 0.333. The Balaban J connectivity index is 1.83. The maximum absolute atomic E-state index is 5.73. The molecule has 1 saturated heterocycles. The van der Waals surface area contributed by atoms with Gasteiger partial charge in [-0.15, -0.1) is 0 Å². The van der Waals surface area contributed by atoms with Crippen molar-refractivity contribution in [3.05, 3.63) is 63.3 Å². The fourth-order valence-corrected chi connectivity index (χ4v) is 5.31. The van der Waals surface area contributed by atoms with Crippen molar-refractivity contribution in [2.75, 3.05) is 20.3 Å². The summed E-state index contributed by atoms with van der Waals surface area (Å²) in [5.41, 5.74) is 6.83. The van der Waals surface area contributed by atoms with Crippen LogP contribution in [-0.2, 0) is 16.6 Å². The Bertz CT molecular complexity index is 969. The van der Waals surface area contributed by atoms with Crippen LogP contribution in [-0.4, -0.2) is 25.3 Å². The van der Waals surface area contributed by atoms with E-state index in [1.165, 1.54) is 37.8 Å². The molecule has 1 aromatic heterocycles. The molecule has 1 aliphatic carbocycles. The highest BCUT2D eigenvalue weighted by Gasteiger charge is 2.44. The van der Waals surface area contributed by atoms with Gasteiger partial charge >= 0.3 is 0 Å². The molecule has 128 valence electrons. The number of hydrogen-bond donors (Lipinski definition) is 1. The molecule has 0 amide bonds. The van der Waals surface area contributed by atoms with Gasteiger partial charge in [0.25, 0.3) is 0 Å². The van der Waals surface area contributed by atoms with E-state index in [-0.39, 0.29) is 5.41 Å². The van der Waals surface area contributed by atoms with Gasteiger partial charge in [0.1, 0.15) is 5.75 Å². The van der Waals surface area contributed by atoms with Crippen molar-refractivity contribution in [1.29, 1.82) is 0 Å². The fourth-order valence-electron chi connectivity index (χ4n) is 4.70. The number of aromatic amines is 1. The van der Waals surface area contributed by atoms with Gasteiger partial charge in [-0.3, -0.25) is 0 Å². The van der Waals surface area contributed by atoms with Crippen LogP contribution in [0, 0.1) is 0 Å². The van der Waals surface area contributed by atoms with Gasteiger partial charge in [-0.25, -0.2) is 0 Å². The third kappa shape index (κ3) is 2.14. The zero-order valence-corrected chi connectivity index (χ0v) is 15.8. The zero-order chi connectivity index (χ0) is 17.0. The zero-order valence-electron chi connectivity index (χ0n) is 14.2. The molecule has 0 radical (unpaired) electrons. The Morgan fingerprint density at radius 2 is 2.00 bits per heavy atom. The first-order valence-corrected chi connectivity index (χ1v) is 9.57. The molecule has 2 heterocycles. The van der Waals surface area contributed by atoms with Gasteiger partial charge in [0.15, 0.2) is 0 Å². The highest BCUT2D eigenvalue weighted by molar-refractivity contribution is 9.10. The summed E-state index contributed by atoms with van der Waals surface area (Å²) in [6, 6.07) is 13.0. The van der Waals surface area contributed by atoms with Gasteiger partial charge in [0.05, 0.1) is 7.11 Å². The number of nitrogens with one attached hydrogen (secondary N) is 1. The normalized spacial score (nSPS) is 18.2. The molecule has 0 saturated carbocycles. The number of methoxy groups -OCH3 is 1. The summed E-state index contributed by atoms with van der Waals surface area (Å²) in [6.07, 6.45) is 2.97. The topological polar surface area (TPSA) is 34.2 Å². The highest BCUT2D eigenvalue weighted by atomic mass is 79.9. The third-order valence-electron chi connectivity index (χ3n) is 5.90. The van der Waals surface area contributed by atoms with Gasteiger partial charge in [0, 0.05) is 46.1 Å². The van der Waals surface area contributed by atoms with Gasteiger partial charge < -0.3 is 14.5 Å². The number of ether oxygens (including phenoxy) is 2. The van der Waals surface area contributed by atoms with E-state index in [1.54, 1.807) is 7.11 Å². The molecule has 2 aromatic carbocycles. The van der Waals surface area contributed by atoms with Crippen LogP contribution in [0.5, 0.6) is 5.75 Å². The van der Waals surface area contributed by atoms with E-state index in [1.807, 2.05) is 0 Å². The largest absolute Gasteiger partial charge is 0.497 e. The molecule has 0 bridgehead atoms. The van der Waals surface area contributed by atoms with Crippen LogP contribution in [0.4, 0.5) is 0 Å². The summed E-state index contributed by atoms with van der Waals surface area (Å²) in [7, 11) is 1.74. The molecule has 1 fully saturated rings. The minimum Gasteiger partial charge on any atom is -0.497 e. The van der Waals surface area contributed by atoms with Crippen molar-refractivity contribution >= 4 is 26.8 Å². The smallest absolute Gasteiger partial charge is 0.119 e.